The van der Waals surface area contributed by atoms with Gasteiger partial charge in [0.15, 0.2) is 0 Å². The summed E-state index contributed by atoms with van der Waals surface area (Å²) in [5, 5.41) is 10.4. The number of carbonyl (C=O) groups is 3. The number of anilines is 2. The van der Waals surface area contributed by atoms with E-state index >= 15 is 0 Å². The number of fused-ring (bicyclic) bond motifs is 1. The number of ether oxygens (including phenoxy) is 1. The number of nitrogens with one attached hydrogen (secondary N) is 3. The van der Waals surface area contributed by atoms with Crippen molar-refractivity contribution in [2.45, 2.75) is 24.0 Å². The van der Waals surface area contributed by atoms with Crippen molar-refractivity contribution in [2.75, 3.05) is 17.2 Å². The van der Waals surface area contributed by atoms with Crippen LogP contribution in [0.25, 0.3) is 16.8 Å². The molecule has 5 rings (SSSR count). The Morgan fingerprint density at radius 1 is 0.756 bits per heavy atom. The summed E-state index contributed by atoms with van der Waals surface area (Å²) in [6.45, 7) is 4.31. The highest BCUT2D eigenvalue weighted by Gasteiger charge is 2.17. The molecule has 0 radical (unpaired) electrons. The standard InChI is InChI=1S/C37H33N3O4S/c1-3-44-32-19-13-26(14-20-32)23-34(40-36(42)28-10-5-4-6-11-28)37(43)38-30-17-21-33(22-18-30)45-25(2)35(41)39-31-16-15-27-9-7-8-12-29(27)24-31/h4-25H,3H2,1-2H3,(H,38,43)(H,39,41)(H,40,42)/b34-23-. The lowest BCUT2D eigenvalue weighted by molar-refractivity contribution is -0.115. The Hall–Kier alpha value is -5.34. The zero-order valence-corrected chi connectivity index (χ0v) is 25.8. The summed E-state index contributed by atoms with van der Waals surface area (Å²) in [4.78, 5) is 40.1. The van der Waals surface area contributed by atoms with Crippen LogP contribution in [0.1, 0.15) is 29.8 Å². The molecule has 0 aliphatic rings. The average molecular weight is 616 g/mol. The predicted octanol–water partition coefficient (Wildman–Crippen LogP) is 7.77. The number of amides is 3. The van der Waals surface area contributed by atoms with Gasteiger partial charge in [-0.1, -0.05) is 60.7 Å². The van der Waals surface area contributed by atoms with Crippen molar-refractivity contribution in [1.82, 2.24) is 5.32 Å². The van der Waals surface area contributed by atoms with Crippen molar-refractivity contribution in [3.05, 3.63) is 138 Å². The minimum Gasteiger partial charge on any atom is -0.494 e. The lowest BCUT2D eigenvalue weighted by atomic mass is 10.1. The molecule has 0 bridgehead atoms. The third-order valence-corrected chi connectivity index (χ3v) is 7.95. The summed E-state index contributed by atoms with van der Waals surface area (Å²) < 4.78 is 5.51. The van der Waals surface area contributed by atoms with Crippen LogP contribution in [-0.2, 0) is 9.59 Å². The van der Waals surface area contributed by atoms with Crippen LogP contribution in [0.5, 0.6) is 5.75 Å². The number of hydrogen-bond acceptors (Lipinski definition) is 5. The van der Waals surface area contributed by atoms with Gasteiger partial charge in [-0.3, -0.25) is 14.4 Å². The van der Waals surface area contributed by atoms with E-state index in [-0.39, 0.29) is 16.9 Å². The number of benzene rings is 5. The molecule has 7 nitrogen and oxygen atoms in total. The van der Waals surface area contributed by atoms with E-state index in [1.165, 1.54) is 11.8 Å². The summed E-state index contributed by atoms with van der Waals surface area (Å²) in [5.74, 6) is -0.263. The molecule has 1 atom stereocenters. The van der Waals surface area contributed by atoms with Gasteiger partial charge in [0.25, 0.3) is 11.8 Å². The summed E-state index contributed by atoms with van der Waals surface area (Å²) in [5.41, 5.74) is 2.54. The highest BCUT2D eigenvalue weighted by atomic mass is 32.2. The number of thioether (sulfide) groups is 1. The molecule has 3 amide bonds. The van der Waals surface area contributed by atoms with Crippen LogP contribution in [0.4, 0.5) is 11.4 Å². The summed E-state index contributed by atoms with van der Waals surface area (Å²) in [7, 11) is 0. The maximum Gasteiger partial charge on any atom is 0.272 e. The molecule has 1 unspecified atom stereocenters. The van der Waals surface area contributed by atoms with Gasteiger partial charge in [0.05, 0.1) is 11.9 Å². The summed E-state index contributed by atoms with van der Waals surface area (Å²) in [6, 6.07) is 37.0. The molecule has 0 heterocycles. The zero-order valence-electron chi connectivity index (χ0n) is 25.0. The topological polar surface area (TPSA) is 96.5 Å². The molecule has 0 aromatic heterocycles. The van der Waals surface area contributed by atoms with E-state index in [0.29, 0.717) is 23.6 Å². The van der Waals surface area contributed by atoms with Crippen LogP contribution < -0.4 is 20.7 Å². The van der Waals surface area contributed by atoms with E-state index in [0.717, 1.165) is 26.9 Å². The van der Waals surface area contributed by atoms with Crippen molar-refractivity contribution in [3.8, 4) is 5.75 Å². The van der Waals surface area contributed by atoms with Gasteiger partial charge in [-0.05, 0) is 96.9 Å². The van der Waals surface area contributed by atoms with Gasteiger partial charge in [0.1, 0.15) is 11.4 Å². The molecule has 5 aromatic carbocycles. The molecule has 0 aliphatic carbocycles. The third kappa shape index (κ3) is 8.61. The SMILES string of the molecule is CCOc1ccc(/C=C(\NC(=O)c2ccccc2)C(=O)Nc2ccc(SC(C)C(=O)Nc3ccc4ccccc4c3)cc2)cc1. The molecule has 5 aromatic rings. The fourth-order valence-corrected chi connectivity index (χ4v) is 5.39. The molecule has 0 fully saturated rings. The van der Waals surface area contributed by atoms with E-state index < -0.39 is 11.8 Å². The molecule has 0 spiro atoms. The second kappa shape index (κ2) is 14.9. The van der Waals surface area contributed by atoms with E-state index in [9.17, 15) is 14.4 Å². The Morgan fingerprint density at radius 2 is 1.42 bits per heavy atom. The first kappa shape index (κ1) is 31.1. The molecule has 226 valence electrons. The van der Waals surface area contributed by atoms with Crippen molar-refractivity contribution < 1.29 is 19.1 Å². The maximum atomic E-state index is 13.4. The van der Waals surface area contributed by atoms with Gasteiger partial charge in [-0.15, -0.1) is 11.8 Å². The Labute approximate surface area is 266 Å². The highest BCUT2D eigenvalue weighted by Crippen LogP contribution is 2.27. The van der Waals surface area contributed by atoms with E-state index in [4.69, 9.17) is 4.74 Å². The van der Waals surface area contributed by atoms with Gasteiger partial charge < -0.3 is 20.7 Å². The summed E-state index contributed by atoms with van der Waals surface area (Å²) in [6.07, 6.45) is 1.62. The monoisotopic (exact) mass is 615 g/mol. The minimum atomic E-state index is -0.475. The Morgan fingerprint density at radius 3 is 2.13 bits per heavy atom. The van der Waals surface area contributed by atoms with Crippen molar-refractivity contribution >= 4 is 57.7 Å². The zero-order chi connectivity index (χ0) is 31.6. The summed E-state index contributed by atoms with van der Waals surface area (Å²) >= 11 is 1.42. The first-order valence-corrected chi connectivity index (χ1v) is 15.4. The fraction of sp³-hybridized carbons (Fsp3) is 0.108. The molecule has 8 heteroatoms. The second-order valence-corrected chi connectivity index (χ2v) is 11.6. The fourth-order valence-electron chi connectivity index (χ4n) is 4.52. The quantitative estimate of drug-likeness (QED) is 0.104. The first-order chi connectivity index (χ1) is 21.9. The van der Waals surface area contributed by atoms with Crippen molar-refractivity contribution in [1.29, 1.82) is 0 Å². The van der Waals surface area contributed by atoms with Crippen LogP contribution >= 0.6 is 11.8 Å². The van der Waals surface area contributed by atoms with Crippen LogP contribution in [-0.4, -0.2) is 29.6 Å². The Bertz CT molecular complexity index is 1820. The van der Waals surface area contributed by atoms with Gasteiger partial charge in [-0.25, -0.2) is 0 Å². The molecular formula is C37H33N3O4S. The minimum absolute atomic E-state index is 0.0884. The van der Waals surface area contributed by atoms with Crippen LogP contribution in [0, 0.1) is 0 Å². The number of rotatable bonds is 11. The molecule has 0 aliphatic heterocycles. The molecular weight excluding hydrogens is 582 g/mol. The van der Waals surface area contributed by atoms with E-state index in [1.54, 1.807) is 42.5 Å². The van der Waals surface area contributed by atoms with Gasteiger partial charge in [0.2, 0.25) is 5.91 Å². The Kier molecular flexibility index (Phi) is 10.3. The van der Waals surface area contributed by atoms with Crippen molar-refractivity contribution in [3.63, 3.8) is 0 Å². The lowest BCUT2D eigenvalue weighted by Gasteiger charge is -2.14. The normalized spacial score (nSPS) is 11.8. The van der Waals surface area contributed by atoms with Crippen LogP contribution in [0.2, 0.25) is 0 Å². The molecule has 0 saturated heterocycles. The molecule has 3 N–H and O–H groups in total. The molecule has 0 saturated carbocycles. The largest absolute Gasteiger partial charge is 0.494 e. The van der Waals surface area contributed by atoms with Gasteiger partial charge >= 0.3 is 0 Å². The van der Waals surface area contributed by atoms with Crippen LogP contribution in [0.3, 0.4) is 0 Å². The Balaban J connectivity index is 1.24. The lowest BCUT2D eigenvalue weighted by Crippen LogP contribution is -2.30. The van der Waals surface area contributed by atoms with Crippen LogP contribution in [0.15, 0.2) is 132 Å². The molecule has 45 heavy (non-hydrogen) atoms. The van der Waals surface area contributed by atoms with Crippen molar-refractivity contribution in [2.24, 2.45) is 0 Å². The third-order valence-electron chi connectivity index (χ3n) is 6.84. The van der Waals surface area contributed by atoms with E-state index in [2.05, 4.69) is 16.0 Å². The highest BCUT2D eigenvalue weighted by molar-refractivity contribution is 8.00. The smallest absolute Gasteiger partial charge is 0.272 e. The van der Waals surface area contributed by atoms with Gasteiger partial charge in [-0.2, -0.15) is 0 Å². The average Bonchev–Trinajstić information content (AvgIpc) is 3.06. The predicted molar refractivity (Wildman–Crippen MR) is 182 cm³/mol. The number of hydrogen-bond donors (Lipinski definition) is 3. The van der Waals surface area contributed by atoms with Gasteiger partial charge in [0, 0.05) is 21.8 Å². The first-order valence-electron chi connectivity index (χ1n) is 14.6. The van der Waals surface area contributed by atoms with E-state index in [1.807, 2.05) is 98.8 Å². The maximum absolute atomic E-state index is 13.4. The number of carbonyl (C=O) groups excluding carboxylic acids is 3. The second-order valence-electron chi connectivity index (χ2n) is 10.2.